The van der Waals surface area contributed by atoms with E-state index < -0.39 is 156 Å². The molecule has 9 atom stereocenters. The van der Waals surface area contributed by atoms with Crippen LogP contribution in [0.1, 0.15) is 92.9 Å². The van der Waals surface area contributed by atoms with Crippen molar-refractivity contribution in [2.24, 2.45) is 45.5 Å². The fourth-order valence-corrected chi connectivity index (χ4v) is 6.25. The SMILES string of the molecule is CC(C)C[C@H](NC(=O)[C@@H](N)CCCN=C(N)N)C(=O)N[C@@H](C)C(=O)N[C@@H](CC(N)=O)C(=O)N[C@@H](CCC(=O)O)C(=O)N[C@@H](CS)C(=O)N[C@@H](C)C(=O)N[C@@H](CCC(N)=O)C(=O)N[C@H](C(=O)O)C(C)C. The molecule has 0 fully saturated rings. The summed E-state index contributed by atoms with van der Waals surface area (Å²) in [5, 5.41) is 37.5. The number of guanidine groups is 1. The number of thiol groups is 1. The third-order valence-corrected chi connectivity index (χ3v) is 10.2. The predicted octanol–water partition coefficient (Wildman–Crippen LogP) is -5.99. The lowest BCUT2D eigenvalue weighted by Crippen LogP contribution is -2.60. The normalized spacial score (nSPS) is 14.9. The Balaban J connectivity index is 6.07. The molecule has 390 valence electrons. The number of amides is 10. The van der Waals surface area contributed by atoms with Crippen LogP contribution in [0.15, 0.2) is 4.99 Å². The summed E-state index contributed by atoms with van der Waals surface area (Å²) in [5.41, 5.74) is 27.1. The van der Waals surface area contributed by atoms with Crippen molar-refractivity contribution < 1.29 is 67.7 Å². The quantitative estimate of drug-likeness (QED) is 0.0126. The van der Waals surface area contributed by atoms with Crippen LogP contribution in [0.3, 0.4) is 0 Å². The topological polar surface area (TPSA) is 484 Å². The van der Waals surface area contributed by atoms with E-state index in [2.05, 4.69) is 60.2 Å². The van der Waals surface area contributed by atoms with Gasteiger partial charge in [-0.15, -0.1) is 0 Å². The number of carbonyl (C=O) groups excluding carboxylic acids is 10. The summed E-state index contributed by atoms with van der Waals surface area (Å²) < 4.78 is 0. The second-order valence-corrected chi connectivity index (χ2v) is 17.2. The van der Waals surface area contributed by atoms with E-state index in [0.29, 0.717) is 6.42 Å². The lowest BCUT2D eigenvalue weighted by Gasteiger charge is -2.27. The summed E-state index contributed by atoms with van der Waals surface area (Å²) in [4.78, 5) is 157. The molecule has 0 bridgehead atoms. The van der Waals surface area contributed by atoms with Gasteiger partial charge in [0.15, 0.2) is 5.96 Å². The van der Waals surface area contributed by atoms with Gasteiger partial charge in [-0.25, -0.2) is 4.79 Å². The third-order valence-electron chi connectivity index (χ3n) is 9.83. The Morgan fingerprint density at radius 2 is 0.957 bits per heavy atom. The van der Waals surface area contributed by atoms with E-state index in [-0.39, 0.29) is 44.1 Å². The van der Waals surface area contributed by atoms with Gasteiger partial charge in [0.05, 0.1) is 12.5 Å². The molecular weight excluding hydrogens is 933 g/mol. The van der Waals surface area contributed by atoms with E-state index in [9.17, 15) is 67.7 Å². The van der Waals surface area contributed by atoms with Crippen LogP contribution >= 0.6 is 12.6 Å². The molecule has 0 rings (SSSR count). The lowest BCUT2D eigenvalue weighted by molar-refractivity contribution is -0.143. The molecule has 0 aromatic carbocycles. The summed E-state index contributed by atoms with van der Waals surface area (Å²) >= 11 is 4.08. The van der Waals surface area contributed by atoms with Crippen LogP contribution in [0.5, 0.6) is 0 Å². The molecule has 20 N–H and O–H groups in total. The van der Waals surface area contributed by atoms with E-state index in [1.165, 1.54) is 27.7 Å². The van der Waals surface area contributed by atoms with Gasteiger partial charge in [0.1, 0.15) is 48.3 Å². The van der Waals surface area contributed by atoms with Gasteiger partial charge in [-0.3, -0.25) is 57.7 Å². The Morgan fingerprint density at radius 3 is 1.41 bits per heavy atom. The van der Waals surface area contributed by atoms with Crippen LogP contribution in [0.2, 0.25) is 0 Å². The van der Waals surface area contributed by atoms with Crippen LogP contribution in [0, 0.1) is 11.8 Å². The highest BCUT2D eigenvalue weighted by Crippen LogP contribution is 2.09. The van der Waals surface area contributed by atoms with Gasteiger partial charge >= 0.3 is 11.9 Å². The number of nitrogens with two attached hydrogens (primary N) is 5. The number of rotatable bonds is 33. The molecule has 0 saturated heterocycles. The Labute approximate surface area is 404 Å². The zero-order valence-corrected chi connectivity index (χ0v) is 40.4. The zero-order chi connectivity index (χ0) is 53.3. The van der Waals surface area contributed by atoms with E-state index >= 15 is 0 Å². The molecule has 10 amide bonds. The van der Waals surface area contributed by atoms with Crippen molar-refractivity contribution in [3.05, 3.63) is 0 Å². The van der Waals surface area contributed by atoms with E-state index in [0.717, 1.165) is 0 Å². The van der Waals surface area contributed by atoms with Gasteiger partial charge in [-0.1, -0.05) is 27.7 Å². The van der Waals surface area contributed by atoms with E-state index in [1.54, 1.807) is 13.8 Å². The van der Waals surface area contributed by atoms with E-state index in [1.807, 2.05) is 0 Å². The second kappa shape index (κ2) is 31.3. The standard InChI is InChI=1S/C40H70N14O14S/c1-17(2)14-24(52-33(61)21(41)8-7-13-46-40(44)45)36(64)47-20(6)32(60)51-25(15-28(43)56)37(65)50-23(10-12-29(57)58)34(62)53-26(16-69)38(66)48-19(5)31(59)49-22(9-11-27(42)55)35(63)54-30(18(3)4)39(67)68/h17-26,30,69H,7-16,41H2,1-6H3,(H2,42,55)(H2,43,56)(H,47,64)(H,48,66)(H,49,59)(H,50,65)(H,51,60)(H,52,61)(H,53,62)(H,54,63)(H,57,58)(H,67,68)(H4,44,45,46)/t19-,20-,21-,22-,23-,24-,25-,26-,30-/m0/s1. The Kier molecular flexibility index (Phi) is 28.2. The van der Waals surface area contributed by atoms with Crippen LogP contribution in [-0.2, 0) is 57.5 Å². The van der Waals surface area contributed by atoms with Crippen LogP contribution in [-0.4, -0.2) is 154 Å². The van der Waals surface area contributed by atoms with Gasteiger partial charge in [0.25, 0.3) is 0 Å². The van der Waals surface area contributed by atoms with Gasteiger partial charge in [-0.05, 0) is 57.8 Å². The van der Waals surface area contributed by atoms with Gasteiger partial charge in [0.2, 0.25) is 59.1 Å². The molecule has 0 aromatic heterocycles. The highest BCUT2D eigenvalue weighted by Gasteiger charge is 2.34. The highest BCUT2D eigenvalue weighted by molar-refractivity contribution is 7.80. The van der Waals surface area contributed by atoms with Crippen LogP contribution in [0.4, 0.5) is 0 Å². The fourth-order valence-electron chi connectivity index (χ4n) is 5.99. The van der Waals surface area contributed by atoms with Gasteiger partial charge in [0, 0.05) is 25.1 Å². The average molecular weight is 1000 g/mol. The molecule has 0 saturated carbocycles. The van der Waals surface area contributed by atoms with Crippen molar-refractivity contribution in [1.29, 1.82) is 0 Å². The summed E-state index contributed by atoms with van der Waals surface area (Å²) in [6.07, 6.45) is -2.21. The van der Waals surface area contributed by atoms with Crippen LogP contribution in [0.25, 0.3) is 0 Å². The van der Waals surface area contributed by atoms with Crippen molar-refractivity contribution in [2.75, 3.05) is 12.3 Å². The molecule has 0 spiro atoms. The molecule has 28 nitrogen and oxygen atoms in total. The lowest BCUT2D eigenvalue weighted by atomic mass is 10.0. The number of carboxylic acid groups (broad SMARTS) is 2. The van der Waals surface area contributed by atoms with Crippen LogP contribution < -0.4 is 71.2 Å². The maximum Gasteiger partial charge on any atom is 0.326 e. The number of hydrogen-bond acceptors (Lipinski definition) is 15. The molecule has 0 aliphatic rings. The maximum atomic E-state index is 13.6. The first kappa shape index (κ1) is 62.2. The number of primary amides is 2. The first-order valence-electron chi connectivity index (χ1n) is 21.9. The van der Waals surface area contributed by atoms with Gasteiger partial charge in [-0.2, -0.15) is 12.6 Å². The third kappa shape index (κ3) is 25.2. The smallest absolute Gasteiger partial charge is 0.326 e. The molecule has 69 heavy (non-hydrogen) atoms. The predicted molar refractivity (Wildman–Crippen MR) is 250 cm³/mol. The number of hydrogen-bond donors (Lipinski definition) is 16. The molecule has 0 radical (unpaired) electrons. The van der Waals surface area contributed by atoms with Crippen molar-refractivity contribution in [2.45, 2.75) is 147 Å². The van der Waals surface area contributed by atoms with Crippen molar-refractivity contribution in [1.82, 2.24) is 42.5 Å². The zero-order valence-electron chi connectivity index (χ0n) is 39.5. The van der Waals surface area contributed by atoms with Gasteiger partial charge < -0.3 is 81.4 Å². The molecule has 0 aliphatic carbocycles. The second-order valence-electron chi connectivity index (χ2n) is 16.8. The Bertz CT molecular complexity index is 1880. The molecular formula is C40H70N14O14S. The minimum Gasteiger partial charge on any atom is -0.481 e. The van der Waals surface area contributed by atoms with E-state index in [4.69, 9.17) is 28.7 Å². The average Bonchev–Trinajstić information content (AvgIpc) is 3.24. The summed E-state index contributed by atoms with van der Waals surface area (Å²) in [6, 6.07) is -13.0. The number of aliphatic carboxylic acids is 2. The number of nitrogens with one attached hydrogen (secondary N) is 8. The number of nitrogens with zero attached hydrogens (tertiary/aromatic N) is 1. The maximum absolute atomic E-state index is 13.6. The Morgan fingerprint density at radius 1 is 0.522 bits per heavy atom. The van der Waals surface area contributed by atoms with Crippen molar-refractivity contribution >= 4 is 89.6 Å². The summed E-state index contributed by atoms with van der Waals surface area (Å²) in [7, 11) is 0. The minimum absolute atomic E-state index is 0.125. The number of carbonyl (C=O) groups is 12. The first-order chi connectivity index (χ1) is 32.0. The highest BCUT2D eigenvalue weighted by atomic mass is 32.1. The summed E-state index contributed by atoms with van der Waals surface area (Å²) in [6.45, 7) is 9.24. The summed E-state index contributed by atoms with van der Waals surface area (Å²) in [5.74, 6) is -13.7. The Hall–Kier alpha value is -6.78. The molecule has 0 unspecified atom stereocenters. The number of carboxylic acids is 2. The van der Waals surface area contributed by atoms with Crippen molar-refractivity contribution in [3.8, 4) is 0 Å². The molecule has 0 aliphatic heterocycles. The monoisotopic (exact) mass is 1000 g/mol. The molecule has 29 heteroatoms. The largest absolute Gasteiger partial charge is 0.481 e. The molecule has 0 aromatic rings. The molecule has 0 heterocycles. The number of aliphatic imine (C=N–C) groups is 1. The minimum atomic E-state index is -1.80. The van der Waals surface area contributed by atoms with Crippen molar-refractivity contribution in [3.63, 3.8) is 0 Å². The fraction of sp³-hybridized carbons (Fsp3) is 0.675. The first-order valence-corrected chi connectivity index (χ1v) is 22.5.